The Labute approximate surface area is 189 Å². The van der Waals surface area contributed by atoms with Gasteiger partial charge in [0.1, 0.15) is 11.7 Å². The van der Waals surface area contributed by atoms with Crippen LogP contribution in [0.3, 0.4) is 0 Å². The molecule has 3 unspecified atom stereocenters. The normalized spacial score (nSPS) is 19.5. The molecule has 10 heteroatoms. The number of likely N-dealkylation sites (tertiary alicyclic amines) is 1. The summed E-state index contributed by atoms with van der Waals surface area (Å²) in [5.41, 5.74) is 0.0165. The minimum Gasteiger partial charge on any atom is -0.472 e. The first-order valence-corrected chi connectivity index (χ1v) is 10.7. The van der Waals surface area contributed by atoms with E-state index in [4.69, 9.17) is 4.74 Å². The van der Waals surface area contributed by atoms with Crippen molar-refractivity contribution in [1.82, 2.24) is 24.9 Å². The third-order valence-electron chi connectivity index (χ3n) is 5.75. The summed E-state index contributed by atoms with van der Waals surface area (Å²) in [4.78, 5) is 20.5. The number of hydrogen-bond acceptors (Lipinski definition) is 5. The number of ether oxygens (including phenoxy) is 1. The van der Waals surface area contributed by atoms with E-state index in [-0.39, 0.29) is 11.8 Å². The van der Waals surface area contributed by atoms with Crippen LogP contribution in [0.25, 0.3) is 5.69 Å². The molecule has 0 saturated carbocycles. The Hall–Kier alpha value is -3.43. The van der Waals surface area contributed by atoms with Crippen molar-refractivity contribution in [2.75, 3.05) is 6.54 Å². The number of pyridine rings is 1. The monoisotopic (exact) mass is 459 g/mol. The molecule has 3 heterocycles. The average Bonchev–Trinajstić information content (AvgIpc) is 3.46. The molecule has 1 saturated heterocycles. The summed E-state index contributed by atoms with van der Waals surface area (Å²) in [6.07, 6.45) is 0.103. The van der Waals surface area contributed by atoms with Crippen LogP contribution in [0.5, 0.6) is 5.88 Å². The molecular weight excluding hydrogens is 435 g/mol. The van der Waals surface area contributed by atoms with E-state index in [2.05, 4.69) is 15.2 Å². The molecule has 0 aliphatic carbocycles. The molecule has 0 radical (unpaired) electrons. The van der Waals surface area contributed by atoms with E-state index in [0.717, 1.165) is 6.07 Å². The fraction of sp³-hybridized carbons (Fsp3) is 0.391. The number of aromatic nitrogens is 4. The minimum absolute atomic E-state index is 0.164. The lowest BCUT2D eigenvalue weighted by Crippen LogP contribution is -2.45. The Morgan fingerprint density at radius 2 is 1.88 bits per heavy atom. The van der Waals surface area contributed by atoms with Crippen LogP contribution < -0.4 is 4.74 Å². The number of carbonyl (C=O) groups excluding carboxylic acids is 1. The van der Waals surface area contributed by atoms with E-state index >= 15 is 0 Å². The highest BCUT2D eigenvalue weighted by molar-refractivity contribution is 5.98. The Morgan fingerprint density at radius 3 is 2.58 bits per heavy atom. The van der Waals surface area contributed by atoms with Crippen LogP contribution in [0.1, 0.15) is 42.6 Å². The summed E-state index contributed by atoms with van der Waals surface area (Å²) < 4.78 is 46.2. The SMILES string of the molecule is CCC(Oc1ncccc1C(F)(F)F)C1CC(C)CN1C(=O)c1ccccc1-n1nccn1. The summed E-state index contributed by atoms with van der Waals surface area (Å²) in [7, 11) is 0. The fourth-order valence-corrected chi connectivity index (χ4v) is 4.27. The Morgan fingerprint density at radius 1 is 1.15 bits per heavy atom. The second-order valence-electron chi connectivity index (χ2n) is 8.12. The molecule has 3 aromatic rings. The molecule has 4 rings (SSSR count). The molecule has 33 heavy (non-hydrogen) atoms. The summed E-state index contributed by atoms with van der Waals surface area (Å²) in [6.45, 7) is 4.31. The standard InChI is InChI=1S/C23H24F3N5O2/c1-3-20(33-21-17(23(24,25)26)8-6-10-27-21)19-13-15(2)14-30(19)22(32)16-7-4-5-9-18(16)31-28-11-12-29-31/h4-12,15,19-20H,3,13-14H2,1-2H3. The van der Waals surface area contributed by atoms with Crippen LogP contribution in [-0.4, -0.2) is 49.5 Å². The first kappa shape index (κ1) is 22.8. The van der Waals surface area contributed by atoms with E-state index in [9.17, 15) is 18.0 Å². The lowest BCUT2D eigenvalue weighted by Gasteiger charge is -2.32. The third-order valence-corrected chi connectivity index (χ3v) is 5.75. The Bertz CT molecular complexity index is 1100. The van der Waals surface area contributed by atoms with Gasteiger partial charge in [-0.05, 0) is 43.0 Å². The Kier molecular flexibility index (Phi) is 6.35. The summed E-state index contributed by atoms with van der Waals surface area (Å²) in [5.74, 6) is -0.543. The summed E-state index contributed by atoms with van der Waals surface area (Å²) >= 11 is 0. The highest BCUT2D eigenvalue weighted by Crippen LogP contribution is 2.37. The van der Waals surface area contributed by atoms with Crippen molar-refractivity contribution in [3.8, 4) is 11.6 Å². The lowest BCUT2D eigenvalue weighted by atomic mass is 10.0. The maximum Gasteiger partial charge on any atom is 0.421 e. The molecule has 0 N–H and O–H groups in total. The van der Waals surface area contributed by atoms with Crippen LogP contribution in [0.4, 0.5) is 13.2 Å². The molecule has 0 spiro atoms. The van der Waals surface area contributed by atoms with Gasteiger partial charge in [-0.3, -0.25) is 4.79 Å². The summed E-state index contributed by atoms with van der Waals surface area (Å²) in [6, 6.07) is 8.76. The van der Waals surface area contributed by atoms with Crippen LogP contribution >= 0.6 is 0 Å². The van der Waals surface area contributed by atoms with E-state index in [1.807, 2.05) is 13.8 Å². The van der Waals surface area contributed by atoms with Gasteiger partial charge in [-0.2, -0.15) is 28.2 Å². The molecule has 1 amide bonds. The van der Waals surface area contributed by atoms with Gasteiger partial charge in [-0.15, -0.1) is 0 Å². The Balaban J connectivity index is 1.64. The zero-order valence-electron chi connectivity index (χ0n) is 18.2. The van der Waals surface area contributed by atoms with Gasteiger partial charge in [0.2, 0.25) is 5.88 Å². The third kappa shape index (κ3) is 4.69. The second-order valence-corrected chi connectivity index (χ2v) is 8.12. The quantitative estimate of drug-likeness (QED) is 0.547. The van der Waals surface area contributed by atoms with Gasteiger partial charge >= 0.3 is 6.18 Å². The fourth-order valence-electron chi connectivity index (χ4n) is 4.27. The van der Waals surface area contributed by atoms with Crippen molar-refractivity contribution in [2.45, 2.75) is 45.0 Å². The van der Waals surface area contributed by atoms with Crippen molar-refractivity contribution in [3.63, 3.8) is 0 Å². The van der Waals surface area contributed by atoms with E-state index < -0.39 is 29.8 Å². The number of nitrogens with zero attached hydrogens (tertiary/aromatic N) is 5. The molecule has 1 aliphatic heterocycles. The molecule has 174 valence electrons. The largest absolute Gasteiger partial charge is 0.472 e. The second kappa shape index (κ2) is 9.21. The molecule has 7 nitrogen and oxygen atoms in total. The van der Waals surface area contributed by atoms with Crippen molar-refractivity contribution >= 4 is 5.91 Å². The maximum atomic E-state index is 13.6. The molecule has 0 bridgehead atoms. The molecular formula is C23H24F3N5O2. The van der Waals surface area contributed by atoms with Gasteiger partial charge in [0.25, 0.3) is 5.91 Å². The van der Waals surface area contributed by atoms with Gasteiger partial charge in [0, 0.05) is 12.7 Å². The highest BCUT2D eigenvalue weighted by atomic mass is 19.4. The van der Waals surface area contributed by atoms with Gasteiger partial charge in [0.05, 0.1) is 29.7 Å². The molecule has 1 aliphatic rings. The maximum absolute atomic E-state index is 13.6. The number of carbonyl (C=O) groups is 1. The topological polar surface area (TPSA) is 73.1 Å². The van der Waals surface area contributed by atoms with Gasteiger partial charge in [-0.1, -0.05) is 26.0 Å². The zero-order chi connectivity index (χ0) is 23.6. The van der Waals surface area contributed by atoms with Crippen molar-refractivity contribution in [1.29, 1.82) is 0 Å². The number of amides is 1. The first-order valence-electron chi connectivity index (χ1n) is 10.7. The predicted molar refractivity (Wildman–Crippen MR) is 114 cm³/mol. The number of halogens is 3. The van der Waals surface area contributed by atoms with Crippen molar-refractivity contribution < 1.29 is 22.7 Å². The number of para-hydroxylation sites is 1. The molecule has 2 aromatic heterocycles. The lowest BCUT2D eigenvalue weighted by molar-refractivity contribution is -0.139. The van der Waals surface area contributed by atoms with Gasteiger partial charge in [0.15, 0.2) is 0 Å². The average molecular weight is 459 g/mol. The van der Waals surface area contributed by atoms with Gasteiger partial charge in [-0.25, -0.2) is 4.98 Å². The van der Waals surface area contributed by atoms with Crippen LogP contribution in [0.15, 0.2) is 55.0 Å². The van der Waals surface area contributed by atoms with E-state index in [1.54, 1.807) is 29.2 Å². The van der Waals surface area contributed by atoms with Crippen molar-refractivity contribution in [3.05, 3.63) is 66.1 Å². The molecule has 1 aromatic carbocycles. The van der Waals surface area contributed by atoms with E-state index in [0.29, 0.717) is 30.6 Å². The minimum atomic E-state index is -4.59. The van der Waals surface area contributed by atoms with Crippen LogP contribution in [0.2, 0.25) is 0 Å². The molecule has 1 fully saturated rings. The zero-order valence-corrected chi connectivity index (χ0v) is 18.2. The van der Waals surface area contributed by atoms with Crippen molar-refractivity contribution in [2.24, 2.45) is 5.92 Å². The number of alkyl halides is 3. The number of rotatable bonds is 6. The molecule has 3 atom stereocenters. The van der Waals surface area contributed by atoms with Crippen LogP contribution in [-0.2, 0) is 6.18 Å². The highest BCUT2D eigenvalue weighted by Gasteiger charge is 2.41. The number of hydrogen-bond donors (Lipinski definition) is 0. The smallest absolute Gasteiger partial charge is 0.421 e. The first-order chi connectivity index (χ1) is 15.8. The number of benzene rings is 1. The van der Waals surface area contributed by atoms with E-state index in [1.165, 1.54) is 29.5 Å². The predicted octanol–water partition coefficient (Wildman–Crippen LogP) is 4.39. The van der Waals surface area contributed by atoms with Crippen LogP contribution in [0, 0.1) is 5.92 Å². The summed E-state index contributed by atoms with van der Waals surface area (Å²) in [5, 5.41) is 8.25. The van der Waals surface area contributed by atoms with Gasteiger partial charge < -0.3 is 9.64 Å².